The van der Waals surface area contributed by atoms with Gasteiger partial charge in [-0.2, -0.15) is 0 Å². The lowest BCUT2D eigenvalue weighted by molar-refractivity contribution is 0.102. The van der Waals surface area contributed by atoms with Crippen molar-refractivity contribution >= 4 is 34.8 Å². The summed E-state index contributed by atoms with van der Waals surface area (Å²) in [5.74, 6) is -2.41. The van der Waals surface area contributed by atoms with Gasteiger partial charge < -0.3 is 10.6 Å². The highest BCUT2D eigenvalue weighted by Gasteiger charge is 2.15. The molecule has 5 nitrogen and oxygen atoms in total. The SMILES string of the molecule is O=C(Nc1c(F)cccc1F)c1ccnc(Nc2ccccc2Cl)n1. The lowest BCUT2D eigenvalue weighted by Gasteiger charge is -2.09. The lowest BCUT2D eigenvalue weighted by Crippen LogP contribution is -2.16. The van der Waals surface area contributed by atoms with E-state index in [-0.39, 0.29) is 11.6 Å². The molecule has 0 aliphatic carbocycles. The first kappa shape index (κ1) is 16.8. The Labute approximate surface area is 146 Å². The summed E-state index contributed by atoms with van der Waals surface area (Å²) in [5.41, 5.74) is -0.0409. The molecule has 0 saturated carbocycles. The second kappa shape index (κ2) is 7.23. The molecule has 0 atom stereocenters. The number of hydrogen-bond donors (Lipinski definition) is 2. The Hall–Kier alpha value is -3.06. The number of nitrogens with one attached hydrogen (secondary N) is 2. The van der Waals surface area contributed by atoms with Crippen molar-refractivity contribution in [3.8, 4) is 0 Å². The van der Waals surface area contributed by atoms with Crippen LogP contribution in [0.1, 0.15) is 10.5 Å². The third-order valence-corrected chi connectivity index (χ3v) is 3.54. The van der Waals surface area contributed by atoms with E-state index in [1.807, 2.05) is 0 Å². The van der Waals surface area contributed by atoms with Crippen LogP contribution in [0.15, 0.2) is 54.7 Å². The molecule has 0 unspecified atom stereocenters. The van der Waals surface area contributed by atoms with E-state index in [2.05, 4.69) is 20.6 Å². The van der Waals surface area contributed by atoms with E-state index in [0.717, 1.165) is 12.1 Å². The molecule has 1 heterocycles. The highest BCUT2D eigenvalue weighted by Crippen LogP contribution is 2.23. The number of anilines is 3. The number of rotatable bonds is 4. The second-order valence-electron chi connectivity index (χ2n) is 4.92. The minimum atomic E-state index is -0.878. The summed E-state index contributed by atoms with van der Waals surface area (Å²) in [7, 11) is 0. The summed E-state index contributed by atoms with van der Waals surface area (Å²) in [5, 5.41) is 5.49. The molecule has 3 aromatic rings. The number of para-hydroxylation sites is 2. The molecule has 1 amide bonds. The summed E-state index contributed by atoms with van der Waals surface area (Å²) in [6.45, 7) is 0. The zero-order chi connectivity index (χ0) is 17.8. The van der Waals surface area contributed by atoms with Crippen LogP contribution in [0.3, 0.4) is 0 Å². The van der Waals surface area contributed by atoms with E-state index in [1.54, 1.807) is 24.3 Å². The number of nitrogens with zero attached hydrogens (tertiary/aromatic N) is 2. The summed E-state index contributed by atoms with van der Waals surface area (Å²) >= 11 is 6.04. The third-order valence-electron chi connectivity index (χ3n) is 3.21. The first-order chi connectivity index (χ1) is 12.0. The molecular weight excluding hydrogens is 350 g/mol. The Kier molecular flexibility index (Phi) is 4.85. The van der Waals surface area contributed by atoms with Gasteiger partial charge in [0.05, 0.1) is 10.7 Å². The Morgan fingerprint density at radius 3 is 2.44 bits per heavy atom. The van der Waals surface area contributed by atoms with Gasteiger partial charge in [-0.1, -0.05) is 29.8 Å². The molecule has 0 spiro atoms. The number of aromatic nitrogens is 2. The normalized spacial score (nSPS) is 10.4. The number of carbonyl (C=O) groups excluding carboxylic acids is 1. The molecule has 0 fully saturated rings. The minimum Gasteiger partial charge on any atom is -0.323 e. The van der Waals surface area contributed by atoms with Crippen molar-refractivity contribution in [2.45, 2.75) is 0 Å². The van der Waals surface area contributed by atoms with Crippen LogP contribution in [0.25, 0.3) is 0 Å². The third kappa shape index (κ3) is 3.89. The summed E-state index contributed by atoms with van der Waals surface area (Å²) in [4.78, 5) is 20.2. The Balaban J connectivity index is 1.81. The van der Waals surface area contributed by atoms with E-state index < -0.39 is 23.2 Å². The molecule has 0 aliphatic rings. The number of halogens is 3. The van der Waals surface area contributed by atoms with Crippen LogP contribution in [0, 0.1) is 11.6 Å². The average molecular weight is 361 g/mol. The summed E-state index contributed by atoms with van der Waals surface area (Å²) in [6.07, 6.45) is 1.35. The maximum Gasteiger partial charge on any atom is 0.274 e. The standard InChI is InChI=1S/C17H11ClF2N4O/c18-10-4-1-2-7-13(10)22-17-21-9-8-14(23-17)16(25)24-15-11(19)5-3-6-12(15)20/h1-9H,(H,24,25)(H,21,22,23). The van der Waals surface area contributed by atoms with Crippen LogP contribution in [0.2, 0.25) is 5.02 Å². The Morgan fingerprint density at radius 2 is 1.72 bits per heavy atom. The van der Waals surface area contributed by atoms with Gasteiger partial charge in [-0.25, -0.2) is 18.7 Å². The molecule has 0 aliphatic heterocycles. The van der Waals surface area contributed by atoms with Crippen LogP contribution in [-0.2, 0) is 0 Å². The zero-order valence-electron chi connectivity index (χ0n) is 12.6. The van der Waals surface area contributed by atoms with Gasteiger partial charge in [0, 0.05) is 6.20 Å². The number of hydrogen-bond acceptors (Lipinski definition) is 4. The molecule has 8 heteroatoms. The molecule has 126 valence electrons. The largest absolute Gasteiger partial charge is 0.323 e. The predicted octanol–water partition coefficient (Wildman–Crippen LogP) is 4.40. The first-order valence-electron chi connectivity index (χ1n) is 7.14. The maximum absolute atomic E-state index is 13.6. The Morgan fingerprint density at radius 1 is 1.00 bits per heavy atom. The van der Waals surface area contributed by atoms with Crippen molar-refractivity contribution in [1.29, 1.82) is 0 Å². The van der Waals surface area contributed by atoms with Gasteiger partial charge in [0.15, 0.2) is 0 Å². The van der Waals surface area contributed by atoms with E-state index in [0.29, 0.717) is 10.7 Å². The van der Waals surface area contributed by atoms with Crippen molar-refractivity contribution in [3.05, 3.63) is 77.1 Å². The van der Waals surface area contributed by atoms with Gasteiger partial charge in [-0.15, -0.1) is 0 Å². The van der Waals surface area contributed by atoms with Crippen molar-refractivity contribution in [2.24, 2.45) is 0 Å². The van der Waals surface area contributed by atoms with Crippen molar-refractivity contribution in [1.82, 2.24) is 9.97 Å². The summed E-state index contributed by atoms with van der Waals surface area (Å²) < 4.78 is 27.2. The van der Waals surface area contributed by atoms with E-state index in [9.17, 15) is 13.6 Å². The van der Waals surface area contributed by atoms with Gasteiger partial charge in [-0.05, 0) is 30.3 Å². The molecule has 2 aromatic carbocycles. The fourth-order valence-electron chi connectivity index (χ4n) is 2.02. The van der Waals surface area contributed by atoms with Crippen LogP contribution in [-0.4, -0.2) is 15.9 Å². The quantitative estimate of drug-likeness (QED) is 0.723. The molecule has 3 rings (SSSR count). The van der Waals surface area contributed by atoms with Crippen molar-refractivity contribution in [2.75, 3.05) is 10.6 Å². The molecule has 2 N–H and O–H groups in total. The zero-order valence-corrected chi connectivity index (χ0v) is 13.4. The molecule has 0 radical (unpaired) electrons. The molecule has 0 saturated heterocycles. The first-order valence-corrected chi connectivity index (χ1v) is 7.52. The molecule has 25 heavy (non-hydrogen) atoms. The predicted molar refractivity (Wildman–Crippen MR) is 91.1 cm³/mol. The van der Waals surface area contributed by atoms with Crippen LogP contribution in [0.5, 0.6) is 0 Å². The topological polar surface area (TPSA) is 66.9 Å². The van der Waals surface area contributed by atoms with Crippen molar-refractivity contribution < 1.29 is 13.6 Å². The fourth-order valence-corrected chi connectivity index (χ4v) is 2.21. The monoisotopic (exact) mass is 360 g/mol. The van der Waals surface area contributed by atoms with Gasteiger partial charge in [0.2, 0.25) is 5.95 Å². The maximum atomic E-state index is 13.6. The van der Waals surface area contributed by atoms with Crippen LogP contribution >= 0.6 is 11.6 Å². The van der Waals surface area contributed by atoms with Crippen LogP contribution in [0.4, 0.5) is 26.1 Å². The Bertz CT molecular complexity index is 916. The fraction of sp³-hybridized carbons (Fsp3) is 0. The number of benzene rings is 2. The van der Waals surface area contributed by atoms with Crippen molar-refractivity contribution in [3.63, 3.8) is 0 Å². The number of carbonyl (C=O) groups is 1. The van der Waals surface area contributed by atoms with Gasteiger partial charge in [0.1, 0.15) is 23.0 Å². The van der Waals surface area contributed by atoms with E-state index >= 15 is 0 Å². The molecule has 0 bridgehead atoms. The molecular formula is C17H11ClF2N4O. The van der Waals surface area contributed by atoms with E-state index in [1.165, 1.54) is 18.3 Å². The van der Waals surface area contributed by atoms with E-state index in [4.69, 9.17) is 11.6 Å². The smallest absolute Gasteiger partial charge is 0.274 e. The van der Waals surface area contributed by atoms with Gasteiger partial charge >= 0.3 is 0 Å². The van der Waals surface area contributed by atoms with Gasteiger partial charge in [0.25, 0.3) is 5.91 Å². The van der Waals surface area contributed by atoms with Crippen LogP contribution < -0.4 is 10.6 Å². The lowest BCUT2D eigenvalue weighted by atomic mass is 10.2. The molecule has 1 aromatic heterocycles. The average Bonchev–Trinajstić information content (AvgIpc) is 2.60. The summed E-state index contributed by atoms with van der Waals surface area (Å²) in [6, 6.07) is 11.6. The minimum absolute atomic E-state index is 0.0628. The highest BCUT2D eigenvalue weighted by atomic mass is 35.5. The van der Waals surface area contributed by atoms with Gasteiger partial charge in [-0.3, -0.25) is 4.79 Å². The number of amides is 1. The second-order valence-corrected chi connectivity index (χ2v) is 5.33. The highest BCUT2D eigenvalue weighted by molar-refractivity contribution is 6.33.